The van der Waals surface area contributed by atoms with E-state index >= 15 is 0 Å². The lowest BCUT2D eigenvalue weighted by Crippen LogP contribution is -2.44. The van der Waals surface area contributed by atoms with Crippen molar-refractivity contribution in [1.82, 2.24) is 15.0 Å². The molecule has 0 aliphatic carbocycles. The van der Waals surface area contributed by atoms with Gasteiger partial charge < -0.3 is 23.8 Å². The van der Waals surface area contributed by atoms with Crippen LogP contribution in [0.4, 0.5) is 0 Å². The van der Waals surface area contributed by atoms with Crippen LogP contribution in [0.15, 0.2) is 53.3 Å². The van der Waals surface area contributed by atoms with Gasteiger partial charge in [-0.15, -0.1) is 0 Å². The van der Waals surface area contributed by atoms with Gasteiger partial charge in [-0.05, 0) is 17.7 Å². The largest absolute Gasteiger partial charge is 0.497 e. The number of benzene rings is 1. The average Bonchev–Trinajstić information content (AvgIpc) is 3.51. The van der Waals surface area contributed by atoms with E-state index in [4.69, 9.17) is 14.0 Å². The SMILES string of the molecule is COc1cccc(CN2C[C@]34C=C[C@H](O3)[C@@H](C(=O)N(C)Cc3ccon3)[C@H]4C2=O)c1. The van der Waals surface area contributed by atoms with E-state index in [-0.39, 0.29) is 17.9 Å². The number of amides is 2. The topological polar surface area (TPSA) is 85.1 Å². The molecule has 0 unspecified atom stereocenters. The number of methoxy groups -OCH3 is 1. The van der Waals surface area contributed by atoms with Crippen LogP contribution in [-0.2, 0) is 27.4 Å². The maximum atomic E-state index is 13.4. The minimum absolute atomic E-state index is 0.0437. The molecule has 8 nitrogen and oxygen atoms in total. The quantitative estimate of drug-likeness (QED) is 0.674. The van der Waals surface area contributed by atoms with Crippen molar-refractivity contribution in [2.45, 2.75) is 24.8 Å². The number of rotatable bonds is 6. The lowest BCUT2D eigenvalue weighted by molar-refractivity contribution is -0.143. The highest BCUT2D eigenvalue weighted by molar-refractivity contribution is 5.93. The molecule has 3 aliphatic heterocycles. The van der Waals surface area contributed by atoms with E-state index in [1.807, 2.05) is 36.4 Å². The highest BCUT2D eigenvalue weighted by atomic mass is 16.5. The maximum absolute atomic E-state index is 13.4. The van der Waals surface area contributed by atoms with E-state index < -0.39 is 17.4 Å². The van der Waals surface area contributed by atoms with Crippen molar-refractivity contribution in [2.24, 2.45) is 11.8 Å². The molecular weight excluding hydrogens is 386 g/mol. The normalized spacial score (nSPS) is 28.8. The summed E-state index contributed by atoms with van der Waals surface area (Å²) in [5.41, 5.74) is 0.913. The van der Waals surface area contributed by atoms with Gasteiger partial charge in [-0.25, -0.2) is 0 Å². The third-order valence-electron chi connectivity index (χ3n) is 6.24. The third-order valence-corrected chi connectivity index (χ3v) is 6.24. The Hall–Kier alpha value is -3.13. The maximum Gasteiger partial charge on any atom is 0.230 e. The zero-order chi connectivity index (χ0) is 20.9. The Morgan fingerprint density at radius 2 is 2.27 bits per heavy atom. The highest BCUT2D eigenvalue weighted by Crippen LogP contribution is 2.52. The van der Waals surface area contributed by atoms with Crippen molar-refractivity contribution in [3.05, 3.63) is 60.0 Å². The van der Waals surface area contributed by atoms with Crippen LogP contribution in [0, 0.1) is 11.8 Å². The predicted molar refractivity (Wildman–Crippen MR) is 105 cm³/mol. The van der Waals surface area contributed by atoms with Gasteiger partial charge in [0.1, 0.15) is 23.3 Å². The Kier molecular flexibility index (Phi) is 4.39. The van der Waals surface area contributed by atoms with Gasteiger partial charge in [-0.2, -0.15) is 0 Å². The molecule has 1 aromatic heterocycles. The summed E-state index contributed by atoms with van der Waals surface area (Å²) in [5, 5.41) is 3.87. The summed E-state index contributed by atoms with van der Waals surface area (Å²) >= 11 is 0. The lowest BCUT2D eigenvalue weighted by Gasteiger charge is -2.27. The van der Waals surface area contributed by atoms with Crippen LogP contribution >= 0.6 is 0 Å². The molecule has 4 atom stereocenters. The van der Waals surface area contributed by atoms with Crippen molar-refractivity contribution in [1.29, 1.82) is 0 Å². The smallest absolute Gasteiger partial charge is 0.230 e. The fourth-order valence-corrected chi connectivity index (χ4v) is 4.88. The van der Waals surface area contributed by atoms with E-state index in [1.165, 1.54) is 6.26 Å². The second-order valence-corrected chi connectivity index (χ2v) is 8.13. The summed E-state index contributed by atoms with van der Waals surface area (Å²) in [6, 6.07) is 9.38. The minimum atomic E-state index is -0.727. The first-order chi connectivity index (χ1) is 14.5. The first-order valence-corrected chi connectivity index (χ1v) is 9.94. The van der Waals surface area contributed by atoms with Crippen LogP contribution in [0.25, 0.3) is 0 Å². The van der Waals surface area contributed by atoms with Gasteiger partial charge in [-0.3, -0.25) is 9.59 Å². The number of fused-ring (bicyclic) bond motifs is 1. The van der Waals surface area contributed by atoms with Crippen molar-refractivity contribution >= 4 is 11.8 Å². The zero-order valence-corrected chi connectivity index (χ0v) is 16.9. The first-order valence-electron chi connectivity index (χ1n) is 9.94. The Bertz CT molecular complexity index is 1000. The number of carbonyl (C=O) groups is 2. The molecular formula is C22H23N3O5. The Balaban J connectivity index is 1.36. The van der Waals surface area contributed by atoms with E-state index in [0.29, 0.717) is 25.3 Å². The fourth-order valence-electron chi connectivity index (χ4n) is 4.88. The molecule has 2 bridgehead atoms. The van der Waals surface area contributed by atoms with Gasteiger partial charge in [0.25, 0.3) is 0 Å². The minimum Gasteiger partial charge on any atom is -0.497 e. The van der Waals surface area contributed by atoms with Crippen molar-refractivity contribution in [2.75, 3.05) is 20.7 Å². The third kappa shape index (κ3) is 2.90. The molecule has 3 aliphatic rings. The molecule has 2 amide bonds. The molecule has 2 saturated heterocycles. The lowest BCUT2D eigenvalue weighted by atomic mass is 9.76. The van der Waals surface area contributed by atoms with E-state index in [0.717, 1.165) is 11.3 Å². The van der Waals surface area contributed by atoms with Crippen LogP contribution < -0.4 is 4.74 Å². The molecule has 5 rings (SSSR count). The van der Waals surface area contributed by atoms with Crippen LogP contribution in [0.5, 0.6) is 5.75 Å². The van der Waals surface area contributed by atoms with Gasteiger partial charge >= 0.3 is 0 Å². The Labute approximate surface area is 174 Å². The van der Waals surface area contributed by atoms with Crippen LogP contribution in [0.3, 0.4) is 0 Å². The van der Waals surface area contributed by atoms with Gasteiger partial charge in [0.05, 0.1) is 38.1 Å². The molecule has 30 heavy (non-hydrogen) atoms. The molecule has 1 spiro atoms. The standard InChI is InChI=1S/C22H23N3O5/c1-24(12-15-7-9-29-23-15)20(26)18-17-6-8-22(30-17)13-25(21(27)19(18)22)11-14-4-3-5-16(10-14)28-2/h3-10,17-19H,11-13H2,1-2H3/t17-,18+,19-,22-/m0/s1. The van der Waals surface area contributed by atoms with Gasteiger partial charge in [0, 0.05) is 19.7 Å². The summed E-state index contributed by atoms with van der Waals surface area (Å²) < 4.78 is 16.3. The Morgan fingerprint density at radius 3 is 3.03 bits per heavy atom. The molecule has 4 heterocycles. The molecule has 0 saturated carbocycles. The van der Waals surface area contributed by atoms with Crippen molar-refractivity contribution < 1.29 is 23.6 Å². The van der Waals surface area contributed by atoms with Gasteiger partial charge in [0.2, 0.25) is 11.8 Å². The molecule has 2 aromatic rings. The van der Waals surface area contributed by atoms with E-state index in [9.17, 15) is 9.59 Å². The molecule has 0 N–H and O–H groups in total. The summed E-state index contributed by atoms with van der Waals surface area (Å²) in [5.74, 6) is -0.453. The Morgan fingerprint density at radius 1 is 1.40 bits per heavy atom. The second-order valence-electron chi connectivity index (χ2n) is 8.13. The molecule has 2 fully saturated rings. The molecule has 8 heteroatoms. The summed E-state index contributed by atoms with van der Waals surface area (Å²) in [6.07, 6.45) is 4.99. The monoisotopic (exact) mass is 409 g/mol. The predicted octanol–water partition coefficient (Wildman–Crippen LogP) is 1.62. The average molecular weight is 409 g/mol. The van der Waals surface area contributed by atoms with Crippen LogP contribution in [0.2, 0.25) is 0 Å². The van der Waals surface area contributed by atoms with Gasteiger partial charge in [-0.1, -0.05) is 29.4 Å². The van der Waals surface area contributed by atoms with Crippen LogP contribution in [-0.4, -0.2) is 59.2 Å². The fraction of sp³-hybridized carbons (Fsp3) is 0.409. The van der Waals surface area contributed by atoms with Crippen LogP contribution in [0.1, 0.15) is 11.3 Å². The molecule has 0 radical (unpaired) electrons. The van der Waals surface area contributed by atoms with E-state index in [2.05, 4.69) is 5.16 Å². The number of ether oxygens (including phenoxy) is 2. The number of nitrogens with zero attached hydrogens (tertiary/aromatic N) is 3. The number of hydrogen-bond donors (Lipinski definition) is 0. The van der Waals surface area contributed by atoms with Crippen molar-refractivity contribution in [3.8, 4) is 5.75 Å². The zero-order valence-electron chi connectivity index (χ0n) is 16.9. The van der Waals surface area contributed by atoms with Crippen molar-refractivity contribution in [3.63, 3.8) is 0 Å². The molecule has 156 valence electrons. The summed E-state index contributed by atoms with van der Waals surface area (Å²) in [4.78, 5) is 30.0. The van der Waals surface area contributed by atoms with Gasteiger partial charge in [0.15, 0.2) is 0 Å². The number of hydrogen-bond acceptors (Lipinski definition) is 6. The second kappa shape index (κ2) is 6.98. The summed E-state index contributed by atoms with van der Waals surface area (Å²) in [7, 11) is 3.33. The van der Waals surface area contributed by atoms with E-state index in [1.54, 1.807) is 30.0 Å². The highest BCUT2D eigenvalue weighted by Gasteiger charge is 2.67. The molecule has 1 aromatic carbocycles. The number of aromatic nitrogens is 1. The summed E-state index contributed by atoms with van der Waals surface area (Å²) in [6.45, 7) is 1.22. The number of likely N-dealkylation sites (tertiary alicyclic amines) is 1. The first kappa shape index (κ1) is 18.9. The number of carbonyl (C=O) groups excluding carboxylic acids is 2.